The molecule has 0 unspecified atom stereocenters. The third-order valence-corrected chi connectivity index (χ3v) is 3.16. The first kappa shape index (κ1) is 14.9. The summed E-state index contributed by atoms with van der Waals surface area (Å²) in [6, 6.07) is 11.0. The SMILES string of the molecule is O=C(Nc1ccccc1C(F)(F)F)Nn1cnc2ccccc21. The van der Waals surface area contributed by atoms with Gasteiger partial charge in [-0.3, -0.25) is 0 Å². The van der Waals surface area contributed by atoms with Crippen LogP contribution in [0.25, 0.3) is 11.0 Å². The predicted octanol–water partition coefficient (Wildman–Crippen LogP) is 3.83. The van der Waals surface area contributed by atoms with Crippen LogP contribution in [0.2, 0.25) is 0 Å². The molecule has 0 radical (unpaired) electrons. The lowest BCUT2D eigenvalue weighted by Gasteiger charge is -2.14. The number of hydrogen-bond donors (Lipinski definition) is 2. The molecule has 0 fully saturated rings. The quantitative estimate of drug-likeness (QED) is 0.754. The van der Waals surface area contributed by atoms with Gasteiger partial charge in [-0.15, -0.1) is 0 Å². The molecule has 0 bridgehead atoms. The zero-order valence-corrected chi connectivity index (χ0v) is 11.6. The summed E-state index contributed by atoms with van der Waals surface area (Å²) in [7, 11) is 0. The fourth-order valence-corrected chi connectivity index (χ4v) is 2.15. The van der Waals surface area contributed by atoms with Crippen LogP contribution in [0.1, 0.15) is 5.56 Å². The van der Waals surface area contributed by atoms with Gasteiger partial charge >= 0.3 is 12.2 Å². The fourth-order valence-electron chi connectivity index (χ4n) is 2.15. The van der Waals surface area contributed by atoms with Crippen molar-refractivity contribution in [3.8, 4) is 0 Å². The van der Waals surface area contributed by atoms with E-state index in [1.165, 1.54) is 29.2 Å². The number of imidazole rings is 1. The average molecular weight is 320 g/mol. The van der Waals surface area contributed by atoms with Crippen molar-refractivity contribution in [3.05, 3.63) is 60.4 Å². The van der Waals surface area contributed by atoms with Gasteiger partial charge in [0.25, 0.3) is 0 Å². The summed E-state index contributed by atoms with van der Waals surface area (Å²) in [6.07, 6.45) is -3.18. The van der Waals surface area contributed by atoms with Crippen LogP contribution in [-0.4, -0.2) is 15.7 Å². The number of aromatic nitrogens is 2. The second kappa shape index (κ2) is 5.64. The number of halogens is 3. The number of nitrogens with one attached hydrogen (secondary N) is 2. The Morgan fingerprint density at radius 2 is 1.74 bits per heavy atom. The van der Waals surface area contributed by atoms with Crippen LogP contribution < -0.4 is 10.7 Å². The number of nitrogens with zero attached hydrogens (tertiary/aromatic N) is 2. The summed E-state index contributed by atoms with van der Waals surface area (Å²) < 4.78 is 40.0. The van der Waals surface area contributed by atoms with Gasteiger partial charge in [0.1, 0.15) is 6.33 Å². The number of carbonyl (C=O) groups excluding carboxylic acids is 1. The standard InChI is InChI=1S/C15H11F3N4O/c16-15(17,18)10-5-1-2-6-11(10)20-14(23)21-22-9-19-12-7-3-4-8-13(12)22/h1-9H,(H2,20,21,23). The Labute approximate surface area is 128 Å². The number of alkyl halides is 3. The minimum atomic E-state index is -4.55. The van der Waals surface area contributed by atoms with E-state index in [1.807, 2.05) is 0 Å². The van der Waals surface area contributed by atoms with Gasteiger partial charge in [-0.1, -0.05) is 24.3 Å². The van der Waals surface area contributed by atoms with Crippen molar-refractivity contribution in [2.24, 2.45) is 0 Å². The van der Waals surface area contributed by atoms with Gasteiger partial charge in [0, 0.05) is 0 Å². The highest BCUT2D eigenvalue weighted by Gasteiger charge is 2.33. The molecule has 23 heavy (non-hydrogen) atoms. The number of urea groups is 1. The molecule has 3 rings (SSSR count). The second-order valence-corrected chi connectivity index (χ2v) is 4.71. The average Bonchev–Trinajstić information content (AvgIpc) is 2.90. The van der Waals surface area contributed by atoms with E-state index in [0.717, 1.165) is 6.07 Å². The first-order valence-corrected chi connectivity index (χ1v) is 6.61. The van der Waals surface area contributed by atoms with Gasteiger partial charge in [-0.2, -0.15) is 13.2 Å². The minimum absolute atomic E-state index is 0.318. The van der Waals surface area contributed by atoms with Gasteiger partial charge < -0.3 is 5.32 Å². The number of rotatable bonds is 2. The van der Waals surface area contributed by atoms with E-state index in [1.54, 1.807) is 24.3 Å². The van der Waals surface area contributed by atoms with Crippen molar-refractivity contribution < 1.29 is 18.0 Å². The topological polar surface area (TPSA) is 59.0 Å². The molecule has 8 heteroatoms. The maximum absolute atomic E-state index is 12.9. The van der Waals surface area contributed by atoms with Crippen LogP contribution >= 0.6 is 0 Å². The number of carbonyl (C=O) groups is 1. The molecular formula is C15H11F3N4O. The van der Waals surface area contributed by atoms with Crippen molar-refractivity contribution in [3.63, 3.8) is 0 Å². The van der Waals surface area contributed by atoms with Crippen LogP contribution in [-0.2, 0) is 6.18 Å². The maximum atomic E-state index is 12.9. The summed E-state index contributed by atoms with van der Waals surface area (Å²) in [4.78, 5) is 16.0. The largest absolute Gasteiger partial charge is 0.418 e. The van der Waals surface area contributed by atoms with E-state index in [2.05, 4.69) is 15.7 Å². The summed E-state index contributed by atoms with van der Waals surface area (Å²) in [5.41, 5.74) is 2.49. The molecule has 1 aromatic heterocycles. The Kier molecular flexibility index (Phi) is 3.65. The summed E-state index contributed by atoms with van der Waals surface area (Å²) in [5.74, 6) is 0. The van der Waals surface area contributed by atoms with E-state index < -0.39 is 17.8 Å². The van der Waals surface area contributed by atoms with E-state index >= 15 is 0 Å². The van der Waals surface area contributed by atoms with Crippen molar-refractivity contribution >= 4 is 22.8 Å². The molecule has 0 aliphatic carbocycles. The molecule has 3 aromatic rings. The zero-order valence-electron chi connectivity index (χ0n) is 11.6. The molecular weight excluding hydrogens is 309 g/mol. The number of hydrogen-bond acceptors (Lipinski definition) is 2. The highest BCUT2D eigenvalue weighted by molar-refractivity contribution is 5.96. The van der Waals surface area contributed by atoms with Crippen LogP contribution in [0.5, 0.6) is 0 Å². The third-order valence-electron chi connectivity index (χ3n) is 3.16. The minimum Gasteiger partial charge on any atom is -0.306 e. The van der Waals surface area contributed by atoms with Crippen LogP contribution in [0.15, 0.2) is 54.9 Å². The first-order chi connectivity index (χ1) is 10.9. The Morgan fingerprint density at radius 1 is 1.04 bits per heavy atom. The monoisotopic (exact) mass is 320 g/mol. The molecule has 2 N–H and O–H groups in total. The van der Waals surface area contributed by atoms with E-state index in [4.69, 9.17) is 0 Å². The van der Waals surface area contributed by atoms with Crippen molar-refractivity contribution in [2.75, 3.05) is 10.7 Å². The van der Waals surface area contributed by atoms with Gasteiger partial charge in [0.15, 0.2) is 0 Å². The Hall–Kier alpha value is -3.03. The zero-order chi connectivity index (χ0) is 16.4. The number of amides is 2. The lowest BCUT2D eigenvalue weighted by atomic mass is 10.1. The van der Waals surface area contributed by atoms with Crippen LogP contribution in [0.3, 0.4) is 0 Å². The van der Waals surface area contributed by atoms with Gasteiger partial charge in [0.2, 0.25) is 0 Å². The molecule has 2 aromatic carbocycles. The summed E-state index contributed by atoms with van der Waals surface area (Å²) in [5, 5.41) is 2.20. The lowest BCUT2D eigenvalue weighted by molar-refractivity contribution is -0.136. The maximum Gasteiger partial charge on any atom is 0.418 e. The number of anilines is 1. The van der Waals surface area contributed by atoms with Gasteiger partial charge in [-0.25, -0.2) is 19.9 Å². The van der Waals surface area contributed by atoms with E-state index in [-0.39, 0.29) is 5.69 Å². The Morgan fingerprint density at radius 3 is 2.52 bits per heavy atom. The van der Waals surface area contributed by atoms with E-state index in [0.29, 0.717) is 11.0 Å². The first-order valence-electron chi connectivity index (χ1n) is 6.61. The van der Waals surface area contributed by atoms with Crippen molar-refractivity contribution in [1.82, 2.24) is 9.66 Å². The van der Waals surface area contributed by atoms with Crippen molar-refractivity contribution in [1.29, 1.82) is 0 Å². The molecule has 0 saturated carbocycles. The third kappa shape index (κ3) is 3.10. The highest BCUT2D eigenvalue weighted by atomic mass is 19.4. The number of para-hydroxylation sites is 3. The Balaban J connectivity index is 1.81. The summed E-state index contributed by atoms with van der Waals surface area (Å²) in [6.45, 7) is 0. The Bertz CT molecular complexity index is 857. The van der Waals surface area contributed by atoms with Crippen LogP contribution in [0, 0.1) is 0 Å². The lowest BCUT2D eigenvalue weighted by Crippen LogP contribution is -2.28. The molecule has 0 spiro atoms. The molecule has 0 atom stereocenters. The molecule has 5 nitrogen and oxygen atoms in total. The predicted molar refractivity (Wildman–Crippen MR) is 79.6 cm³/mol. The molecule has 0 aliphatic rings. The second-order valence-electron chi connectivity index (χ2n) is 4.71. The van der Waals surface area contributed by atoms with Gasteiger partial charge in [-0.05, 0) is 24.3 Å². The number of fused-ring (bicyclic) bond motifs is 1. The number of benzene rings is 2. The van der Waals surface area contributed by atoms with Crippen LogP contribution in [0.4, 0.5) is 23.7 Å². The smallest absolute Gasteiger partial charge is 0.306 e. The van der Waals surface area contributed by atoms with Gasteiger partial charge in [0.05, 0.1) is 22.3 Å². The molecule has 0 aliphatic heterocycles. The summed E-state index contributed by atoms with van der Waals surface area (Å²) >= 11 is 0. The van der Waals surface area contributed by atoms with E-state index in [9.17, 15) is 18.0 Å². The normalized spacial score (nSPS) is 11.4. The molecule has 0 saturated heterocycles. The molecule has 2 amide bonds. The van der Waals surface area contributed by atoms with Crippen molar-refractivity contribution in [2.45, 2.75) is 6.18 Å². The molecule has 118 valence electrons. The fraction of sp³-hybridized carbons (Fsp3) is 0.0667. The highest BCUT2D eigenvalue weighted by Crippen LogP contribution is 2.34. The molecule has 1 heterocycles.